The largest absolute Gasteiger partial charge is 0.481 e. The Morgan fingerprint density at radius 3 is 2.89 bits per heavy atom. The van der Waals surface area contributed by atoms with Crippen LogP contribution in [-0.2, 0) is 17.8 Å². The number of nitrogens with one attached hydrogen (secondary N) is 1. The molecule has 148 valence electrons. The van der Waals surface area contributed by atoms with Gasteiger partial charge in [-0.05, 0) is 38.0 Å². The molecule has 2 amide bonds. The smallest absolute Gasteiger partial charge is 0.318 e. The highest BCUT2D eigenvalue weighted by atomic mass is 16.4. The number of hydrogen-bond acceptors (Lipinski definition) is 4. The molecule has 1 aliphatic carbocycles. The summed E-state index contributed by atoms with van der Waals surface area (Å²) in [7, 11) is 0. The van der Waals surface area contributed by atoms with Crippen molar-refractivity contribution < 1.29 is 14.7 Å². The average molecular weight is 375 g/mol. The monoisotopic (exact) mass is 375 g/mol. The number of likely N-dealkylation sites (tertiary alicyclic amines) is 1. The summed E-state index contributed by atoms with van der Waals surface area (Å²) in [5.74, 6) is 1.16. The Bertz CT molecular complexity index is 733. The summed E-state index contributed by atoms with van der Waals surface area (Å²) in [5.41, 5.74) is -0.745. The second kappa shape index (κ2) is 7.13. The molecule has 8 nitrogen and oxygen atoms in total. The fourth-order valence-corrected chi connectivity index (χ4v) is 5.15. The first kappa shape index (κ1) is 18.3. The second-order valence-corrected chi connectivity index (χ2v) is 8.28. The molecule has 27 heavy (non-hydrogen) atoms. The van der Waals surface area contributed by atoms with E-state index in [-0.39, 0.29) is 18.0 Å². The molecular formula is C19H29N5O3. The van der Waals surface area contributed by atoms with E-state index in [1.807, 2.05) is 6.92 Å². The fourth-order valence-electron chi connectivity index (χ4n) is 5.15. The van der Waals surface area contributed by atoms with Crippen molar-refractivity contribution in [2.24, 2.45) is 11.3 Å². The number of carboxylic acids is 1. The molecule has 4 rings (SSSR count). The van der Waals surface area contributed by atoms with Crippen molar-refractivity contribution in [1.82, 2.24) is 25.0 Å². The number of hydrogen-bond donors (Lipinski definition) is 2. The Hall–Kier alpha value is -2.12. The van der Waals surface area contributed by atoms with Crippen LogP contribution in [0.15, 0.2) is 0 Å². The zero-order chi connectivity index (χ0) is 19.0. The molecule has 2 fully saturated rings. The summed E-state index contributed by atoms with van der Waals surface area (Å²) >= 11 is 0. The molecule has 1 aromatic rings. The van der Waals surface area contributed by atoms with Gasteiger partial charge >= 0.3 is 12.0 Å². The predicted octanol–water partition coefficient (Wildman–Crippen LogP) is 2.35. The third kappa shape index (κ3) is 3.08. The Kier molecular flexibility index (Phi) is 4.82. The van der Waals surface area contributed by atoms with Gasteiger partial charge in [0.1, 0.15) is 5.82 Å². The number of amides is 2. The Balaban J connectivity index is 1.48. The summed E-state index contributed by atoms with van der Waals surface area (Å²) in [6, 6.07) is -0.374. The molecule has 1 saturated heterocycles. The normalized spacial score (nSPS) is 28.3. The predicted molar refractivity (Wildman–Crippen MR) is 98.1 cm³/mol. The van der Waals surface area contributed by atoms with Crippen LogP contribution in [0, 0.1) is 11.3 Å². The minimum Gasteiger partial charge on any atom is -0.481 e. The molecule has 2 N–H and O–H groups in total. The maximum absolute atomic E-state index is 12.9. The van der Waals surface area contributed by atoms with Crippen LogP contribution in [0.1, 0.15) is 69.6 Å². The van der Waals surface area contributed by atoms with Crippen LogP contribution < -0.4 is 5.32 Å². The maximum atomic E-state index is 12.9. The van der Waals surface area contributed by atoms with E-state index in [9.17, 15) is 14.7 Å². The summed E-state index contributed by atoms with van der Waals surface area (Å²) < 4.78 is 2.17. The van der Waals surface area contributed by atoms with Crippen LogP contribution in [0.3, 0.4) is 0 Å². The van der Waals surface area contributed by atoms with E-state index in [1.54, 1.807) is 4.90 Å². The van der Waals surface area contributed by atoms with Crippen LogP contribution in [0.25, 0.3) is 0 Å². The summed E-state index contributed by atoms with van der Waals surface area (Å²) in [6.07, 6.45) is 7.60. The molecule has 3 heterocycles. The number of carboxylic acid groups (broad SMARTS) is 1. The fraction of sp³-hybridized carbons (Fsp3) is 0.789. The number of aryl methyl sites for hydroxylation is 1. The van der Waals surface area contributed by atoms with E-state index in [4.69, 9.17) is 0 Å². The van der Waals surface area contributed by atoms with Crippen molar-refractivity contribution >= 4 is 12.0 Å². The standard InChI is InChI=1S/C19H29N5O3/c1-2-14(16-22-21-15-8-4-3-5-10-24(15)16)20-18(27)23-11-13-7-6-9-19(13,12-23)17(25)26/h13-14H,2-12H2,1H3,(H,20,27)(H,25,26)/t13-,14?,19+/m0/s1. The lowest BCUT2D eigenvalue weighted by Crippen LogP contribution is -2.43. The van der Waals surface area contributed by atoms with Gasteiger partial charge in [0.2, 0.25) is 0 Å². The molecule has 0 bridgehead atoms. The van der Waals surface area contributed by atoms with Crippen molar-refractivity contribution in [3.05, 3.63) is 11.6 Å². The number of carbonyl (C=O) groups excluding carboxylic acids is 1. The Morgan fingerprint density at radius 2 is 2.15 bits per heavy atom. The highest BCUT2D eigenvalue weighted by Gasteiger charge is 2.55. The first-order valence-electron chi connectivity index (χ1n) is 10.3. The van der Waals surface area contributed by atoms with Gasteiger partial charge in [-0.3, -0.25) is 4.79 Å². The Labute approximate surface area is 159 Å². The number of urea groups is 1. The summed E-state index contributed by atoms with van der Waals surface area (Å²) in [6.45, 7) is 3.78. The lowest BCUT2D eigenvalue weighted by Gasteiger charge is -2.25. The minimum absolute atomic E-state index is 0.0743. The van der Waals surface area contributed by atoms with Crippen LogP contribution >= 0.6 is 0 Å². The summed E-state index contributed by atoms with van der Waals surface area (Å²) in [5, 5.41) is 21.5. The number of aromatic nitrogens is 3. The zero-order valence-electron chi connectivity index (χ0n) is 16.0. The van der Waals surface area contributed by atoms with Gasteiger partial charge in [0, 0.05) is 26.1 Å². The van der Waals surface area contributed by atoms with Crippen LogP contribution in [-0.4, -0.2) is 49.9 Å². The number of nitrogens with zero attached hydrogens (tertiary/aromatic N) is 4. The van der Waals surface area contributed by atoms with Gasteiger partial charge in [0.25, 0.3) is 0 Å². The first-order chi connectivity index (χ1) is 13.0. The topological polar surface area (TPSA) is 100 Å². The number of rotatable bonds is 4. The Morgan fingerprint density at radius 1 is 1.30 bits per heavy atom. The SMILES string of the molecule is CCC(NC(=O)N1C[C@@H]2CCC[C@@]2(C(=O)O)C1)c1nnc2n1CCCCC2. The summed E-state index contributed by atoms with van der Waals surface area (Å²) in [4.78, 5) is 26.5. The van der Waals surface area contributed by atoms with E-state index in [0.29, 0.717) is 19.5 Å². The van der Waals surface area contributed by atoms with Crippen LogP contribution in [0.2, 0.25) is 0 Å². The van der Waals surface area contributed by atoms with Gasteiger partial charge in [-0.25, -0.2) is 4.79 Å². The van der Waals surface area contributed by atoms with E-state index in [1.165, 1.54) is 6.42 Å². The molecule has 0 spiro atoms. The van der Waals surface area contributed by atoms with Crippen molar-refractivity contribution in [3.63, 3.8) is 0 Å². The molecule has 1 unspecified atom stereocenters. The molecule has 1 aromatic heterocycles. The minimum atomic E-state index is -0.755. The van der Waals surface area contributed by atoms with E-state index >= 15 is 0 Å². The number of carbonyl (C=O) groups is 2. The van der Waals surface area contributed by atoms with E-state index in [2.05, 4.69) is 20.1 Å². The zero-order valence-corrected chi connectivity index (χ0v) is 16.0. The molecular weight excluding hydrogens is 346 g/mol. The van der Waals surface area contributed by atoms with Crippen molar-refractivity contribution in [3.8, 4) is 0 Å². The average Bonchev–Trinajstić information content (AvgIpc) is 3.28. The molecule has 3 atom stereocenters. The molecule has 8 heteroatoms. The van der Waals surface area contributed by atoms with Gasteiger partial charge in [0.05, 0.1) is 11.5 Å². The van der Waals surface area contributed by atoms with E-state index < -0.39 is 11.4 Å². The number of aliphatic carboxylic acids is 1. The molecule has 1 saturated carbocycles. The third-order valence-electron chi connectivity index (χ3n) is 6.74. The van der Waals surface area contributed by atoms with Gasteiger partial charge < -0.3 is 19.9 Å². The van der Waals surface area contributed by atoms with Gasteiger partial charge in [-0.2, -0.15) is 0 Å². The molecule has 0 aromatic carbocycles. The number of fused-ring (bicyclic) bond motifs is 2. The maximum Gasteiger partial charge on any atom is 0.318 e. The highest BCUT2D eigenvalue weighted by molar-refractivity contribution is 5.80. The third-order valence-corrected chi connectivity index (χ3v) is 6.74. The molecule has 2 aliphatic heterocycles. The second-order valence-electron chi connectivity index (χ2n) is 8.28. The quantitative estimate of drug-likeness (QED) is 0.841. The van der Waals surface area contributed by atoms with E-state index in [0.717, 1.165) is 56.7 Å². The molecule has 0 radical (unpaired) electrons. The van der Waals surface area contributed by atoms with Gasteiger partial charge in [0.15, 0.2) is 5.82 Å². The first-order valence-corrected chi connectivity index (χ1v) is 10.3. The molecule has 3 aliphatic rings. The van der Waals surface area contributed by atoms with Crippen molar-refractivity contribution in [1.29, 1.82) is 0 Å². The van der Waals surface area contributed by atoms with Crippen LogP contribution in [0.4, 0.5) is 4.79 Å². The van der Waals surface area contributed by atoms with Gasteiger partial charge in [-0.15, -0.1) is 10.2 Å². The van der Waals surface area contributed by atoms with Crippen LogP contribution in [0.5, 0.6) is 0 Å². The van der Waals surface area contributed by atoms with Crippen molar-refractivity contribution in [2.45, 2.75) is 70.9 Å². The lowest BCUT2D eigenvalue weighted by atomic mass is 9.81. The lowest BCUT2D eigenvalue weighted by molar-refractivity contribution is -0.149. The van der Waals surface area contributed by atoms with Gasteiger partial charge in [-0.1, -0.05) is 19.8 Å². The highest BCUT2D eigenvalue weighted by Crippen LogP contribution is 2.48. The van der Waals surface area contributed by atoms with Crippen molar-refractivity contribution in [2.75, 3.05) is 13.1 Å².